The standard InChI is InChI=1S/C29H32F2N4O6S2/c1-4-42(37,38)33-20-7-9-26(41-27-8-6-19(30)14-24(27)31)21(15-20)23-17-34(3)28-22(23)16-25(32-29(28)36)18-10-12-35(13-11-18)43(39,40)5-2/h6-9,14-18,33H,4-5,10-13H2,1-3H3,(H,32,36). The van der Waals surface area contributed by atoms with Crippen LogP contribution in [0, 0.1) is 11.6 Å². The first kappa shape index (κ1) is 30.7. The zero-order valence-electron chi connectivity index (χ0n) is 23.9. The van der Waals surface area contributed by atoms with Gasteiger partial charge in [-0.3, -0.25) is 9.52 Å². The van der Waals surface area contributed by atoms with E-state index in [2.05, 4.69) is 9.71 Å². The van der Waals surface area contributed by atoms with E-state index in [1.807, 2.05) is 6.07 Å². The van der Waals surface area contributed by atoms with Crippen LogP contribution in [0.5, 0.6) is 11.5 Å². The molecule has 1 fully saturated rings. The molecule has 0 saturated carbocycles. The molecule has 2 aromatic heterocycles. The summed E-state index contributed by atoms with van der Waals surface area (Å²) in [5.74, 6) is -2.02. The molecular formula is C29H32F2N4O6S2. The first-order valence-corrected chi connectivity index (χ1v) is 17.1. The maximum atomic E-state index is 14.6. The van der Waals surface area contributed by atoms with E-state index in [4.69, 9.17) is 4.74 Å². The van der Waals surface area contributed by atoms with E-state index in [1.165, 1.54) is 29.4 Å². The minimum absolute atomic E-state index is 0.0214. The number of fused-ring (bicyclic) bond motifs is 1. The van der Waals surface area contributed by atoms with E-state index in [1.54, 1.807) is 24.7 Å². The smallest absolute Gasteiger partial charge is 0.272 e. The molecule has 14 heteroatoms. The third-order valence-corrected chi connectivity index (χ3v) is 10.9. The predicted octanol–water partition coefficient (Wildman–Crippen LogP) is 4.89. The Bertz CT molecular complexity index is 1960. The second kappa shape index (κ2) is 11.7. The van der Waals surface area contributed by atoms with E-state index in [-0.39, 0.29) is 40.2 Å². The normalized spacial score (nSPS) is 15.2. The zero-order valence-corrected chi connectivity index (χ0v) is 25.5. The van der Waals surface area contributed by atoms with Crippen molar-refractivity contribution in [1.82, 2.24) is 13.9 Å². The van der Waals surface area contributed by atoms with Gasteiger partial charge in [0, 0.05) is 66.2 Å². The fraction of sp³-hybridized carbons (Fsp3) is 0.345. The van der Waals surface area contributed by atoms with Crippen LogP contribution >= 0.6 is 0 Å². The molecule has 2 aromatic carbocycles. The number of hydrogen-bond donors (Lipinski definition) is 2. The Morgan fingerprint density at radius 3 is 2.30 bits per heavy atom. The maximum absolute atomic E-state index is 14.6. The Morgan fingerprint density at radius 1 is 0.953 bits per heavy atom. The lowest BCUT2D eigenvalue weighted by Crippen LogP contribution is -2.39. The number of hydrogen-bond acceptors (Lipinski definition) is 6. The van der Waals surface area contributed by atoms with Crippen molar-refractivity contribution in [2.75, 3.05) is 29.3 Å². The third kappa shape index (κ3) is 6.31. The highest BCUT2D eigenvalue weighted by Crippen LogP contribution is 2.41. The highest BCUT2D eigenvalue weighted by atomic mass is 32.2. The number of sulfonamides is 2. The van der Waals surface area contributed by atoms with E-state index < -0.39 is 31.7 Å². The monoisotopic (exact) mass is 634 g/mol. The lowest BCUT2D eigenvalue weighted by atomic mass is 9.92. The van der Waals surface area contributed by atoms with Gasteiger partial charge in [0.1, 0.15) is 17.1 Å². The van der Waals surface area contributed by atoms with E-state index in [0.717, 1.165) is 12.1 Å². The number of piperidine rings is 1. The quantitative estimate of drug-likeness (QED) is 0.270. The summed E-state index contributed by atoms with van der Waals surface area (Å²) in [5.41, 5.74) is 1.77. The van der Waals surface area contributed by atoms with E-state index in [0.29, 0.717) is 59.7 Å². The van der Waals surface area contributed by atoms with Crippen LogP contribution in [0.15, 0.2) is 53.5 Å². The van der Waals surface area contributed by atoms with Gasteiger partial charge in [-0.1, -0.05) is 0 Å². The van der Waals surface area contributed by atoms with Crippen LogP contribution < -0.4 is 15.0 Å². The van der Waals surface area contributed by atoms with Gasteiger partial charge in [-0.15, -0.1) is 0 Å². The molecule has 0 amide bonds. The minimum atomic E-state index is -3.64. The third-order valence-electron chi connectivity index (χ3n) is 7.68. The molecule has 5 rings (SSSR count). The number of ether oxygens (including phenoxy) is 1. The van der Waals surface area contributed by atoms with Gasteiger partial charge in [-0.25, -0.2) is 29.9 Å². The fourth-order valence-corrected chi connectivity index (χ4v) is 7.10. The van der Waals surface area contributed by atoms with Crippen LogP contribution in [0.25, 0.3) is 22.0 Å². The Morgan fingerprint density at radius 2 is 1.65 bits per heavy atom. The Kier molecular flexibility index (Phi) is 8.38. The second-order valence-corrected chi connectivity index (χ2v) is 14.7. The summed E-state index contributed by atoms with van der Waals surface area (Å²) in [5, 5.41) is 0.546. The summed E-state index contributed by atoms with van der Waals surface area (Å²) < 4.78 is 88.9. The lowest BCUT2D eigenvalue weighted by Gasteiger charge is -2.31. The van der Waals surface area contributed by atoms with Gasteiger partial charge in [-0.2, -0.15) is 0 Å². The molecule has 0 aliphatic carbocycles. The molecular weight excluding hydrogens is 602 g/mol. The van der Waals surface area contributed by atoms with E-state index >= 15 is 0 Å². The van der Waals surface area contributed by atoms with Crippen LogP contribution in [-0.2, 0) is 27.1 Å². The van der Waals surface area contributed by atoms with Crippen molar-refractivity contribution in [3.63, 3.8) is 0 Å². The highest BCUT2D eigenvalue weighted by molar-refractivity contribution is 7.92. The average molecular weight is 635 g/mol. The Hall–Kier alpha value is -3.75. The van der Waals surface area contributed by atoms with Crippen LogP contribution in [0.3, 0.4) is 0 Å². The number of aryl methyl sites for hydroxylation is 1. The van der Waals surface area contributed by atoms with E-state index in [9.17, 15) is 30.4 Å². The zero-order chi connectivity index (χ0) is 31.1. The first-order valence-electron chi connectivity index (χ1n) is 13.8. The first-order chi connectivity index (χ1) is 20.3. The minimum Gasteiger partial charge on any atom is -0.454 e. The molecule has 1 saturated heterocycles. The van der Waals surface area contributed by atoms with Crippen molar-refractivity contribution in [2.45, 2.75) is 32.6 Å². The molecule has 230 valence electrons. The Labute approximate surface area is 248 Å². The summed E-state index contributed by atoms with van der Waals surface area (Å²) in [6.45, 7) is 3.78. The largest absolute Gasteiger partial charge is 0.454 e. The van der Waals surface area contributed by atoms with Crippen molar-refractivity contribution >= 4 is 36.6 Å². The number of nitrogens with one attached hydrogen (secondary N) is 2. The van der Waals surface area contributed by atoms with Gasteiger partial charge in [0.2, 0.25) is 20.0 Å². The molecule has 4 aromatic rings. The Balaban J connectivity index is 1.62. The second-order valence-electron chi connectivity index (χ2n) is 10.4. The summed E-state index contributed by atoms with van der Waals surface area (Å²) in [6.07, 6.45) is 2.74. The van der Waals surface area contributed by atoms with Crippen LogP contribution in [0.2, 0.25) is 0 Å². The van der Waals surface area contributed by atoms with Gasteiger partial charge >= 0.3 is 0 Å². The molecule has 3 heterocycles. The van der Waals surface area contributed by atoms with Crippen molar-refractivity contribution in [2.24, 2.45) is 7.05 Å². The SMILES string of the molecule is CCS(=O)(=O)Nc1ccc(Oc2ccc(F)cc2F)c(-c2cn(C)c3c(=O)[nH]c(C4CCN(S(=O)(=O)CC)CC4)cc23)c1. The number of aromatic amines is 1. The average Bonchev–Trinajstić information content (AvgIpc) is 3.31. The molecule has 0 atom stereocenters. The molecule has 1 aliphatic heterocycles. The summed E-state index contributed by atoms with van der Waals surface area (Å²) in [7, 11) is -5.26. The summed E-state index contributed by atoms with van der Waals surface area (Å²) in [6, 6.07) is 9.22. The lowest BCUT2D eigenvalue weighted by molar-refractivity contribution is 0.317. The van der Waals surface area contributed by atoms with Crippen LogP contribution in [0.1, 0.15) is 38.3 Å². The maximum Gasteiger partial charge on any atom is 0.272 e. The van der Waals surface area contributed by atoms with Gasteiger partial charge in [0.05, 0.1) is 11.5 Å². The highest BCUT2D eigenvalue weighted by Gasteiger charge is 2.29. The van der Waals surface area contributed by atoms with Crippen molar-refractivity contribution in [1.29, 1.82) is 0 Å². The van der Waals surface area contributed by atoms with Crippen molar-refractivity contribution in [3.8, 4) is 22.6 Å². The van der Waals surface area contributed by atoms with Crippen LogP contribution in [0.4, 0.5) is 14.5 Å². The molecule has 2 N–H and O–H groups in total. The number of benzene rings is 2. The molecule has 0 unspecified atom stereocenters. The summed E-state index contributed by atoms with van der Waals surface area (Å²) >= 11 is 0. The van der Waals surface area contributed by atoms with Gasteiger partial charge in [-0.05, 0) is 63.1 Å². The molecule has 0 spiro atoms. The number of H-pyrrole nitrogens is 1. The predicted molar refractivity (Wildman–Crippen MR) is 161 cm³/mol. The number of nitrogens with zero attached hydrogens (tertiary/aromatic N) is 2. The topological polar surface area (TPSA) is 131 Å². The van der Waals surface area contributed by atoms with Gasteiger partial charge < -0.3 is 14.3 Å². The number of aromatic nitrogens is 2. The van der Waals surface area contributed by atoms with Crippen LogP contribution in [-0.4, -0.2) is 55.3 Å². The van der Waals surface area contributed by atoms with Gasteiger partial charge in [0.15, 0.2) is 11.6 Å². The summed E-state index contributed by atoms with van der Waals surface area (Å²) in [4.78, 5) is 16.3. The fourth-order valence-electron chi connectivity index (χ4n) is 5.34. The molecule has 0 radical (unpaired) electrons. The number of halogens is 2. The number of pyridine rings is 1. The molecule has 0 bridgehead atoms. The van der Waals surface area contributed by atoms with Crippen molar-refractivity contribution < 1.29 is 30.4 Å². The number of rotatable bonds is 9. The van der Waals surface area contributed by atoms with Gasteiger partial charge in [0.25, 0.3) is 5.56 Å². The van der Waals surface area contributed by atoms with Crippen molar-refractivity contribution in [3.05, 3.63) is 76.3 Å². The molecule has 1 aliphatic rings. The molecule has 10 nitrogen and oxygen atoms in total. The number of anilines is 1. The molecule has 43 heavy (non-hydrogen) atoms.